The largest absolute Gasteiger partial charge is 0.341 e. The van der Waals surface area contributed by atoms with Gasteiger partial charge in [0.1, 0.15) is 0 Å². The molecule has 0 atom stereocenters. The van der Waals surface area contributed by atoms with Gasteiger partial charge in [0.25, 0.3) is 0 Å². The molecule has 2 aromatic rings. The van der Waals surface area contributed by atoms with Crippen LogP contribution in [0.15, 0.2) is 24.5 Å². The first-order chi connectivity index (χ1) is 12.5. The topological polar surface area (TPSA) is 54.3 Å². The molecule has 0 radical (unpaired) electrons. The van der Waals surface area contributed by atoms with Crippen LogP contribution in [0.2, 0.25) is 0 Å². The van der Waals surface area contributed by atoms with Gasteiger partial charge in [-0.1, -0.05) is 0 Å². The molecule has 1 aliphatic rings. The van der Waals surface area contributed by atoms with E-state index in [2.05, 4.69) is 41.0 Å². The van der Waals surface area contributed by atoms with Crippen molar-refractivity contribution in [3.8, 4) is 0 Å². The van der Waals surface area contributed by atoms with Gasteiger partial charge in [-0.3, -0.25) is 19.4 Å². The third kappa shape index (κ3) is 4.49. The summed E-state index contributed by atoms with van der Waals surface area (Å²) in [6, 6.07) is 4.12. The van der Waals surface area contributed by atoms with E-state index in [1.54, 1.807) is 0 Å². The van der Waals surface area contributed by atoms with E-state index in [4.69, 9.17) is 0 Å². The fourth-order valence-electron chi connectivity index (χ4n) is 3.49. The Morgan fingerprint density at radius 1 is 1.08 bits per heavy atom. The van der Waals surface area contributed by atoms with Crippen molar-refractivity contribution in [1.82, 2.24) is 24.6 Å². The van der Waals surface area contributed by atoms with Crippen LogP contribution in [0.25, 0.3) is 0 Å². The fraction of sp³-hybridized carbons (Fsp3) is 0.550. The van der Waals surface area contributed by atoms with Crippen LogP contribution in [0, 0.1) is 20.8 Å². The summed E-state index contributed by atoms with van der Waals surface area (Å²) in [6.07, 6.45) is 5.22. The molecule has 0 saturated carbocycles. The highest BCUT2D eigenvalue weighted by Gasteiger charge is 2.19. The van der Waals surface area contributed by atoms with Crippen LogP contribution in [0.1, 0.15) is 35.4 Å². The molecule has 0 aliphatic carbocycles. The maximum atomic E-state index is 12.7. The van der Waals surface area contributed by atoms with E-state index in [0.29, 0.717) is 13.0 Å². The lowest BCUT2D eigenvalue weighted by atomic mass is 10.2. The van der Waals surface area contributed by atoms with Crippen molar-refractivity contribution in [2.24, 2.45) is 0 Å². The maximum absolute atomic E-state index is 12.7. The minimum Gasteiger partial charge on any atom is -0.341 e. The van der Waals surface area contributed by atoms with E-state index in [0.717, 1.165) is 50.5 Å². The Morgan fingerprint density at radius 3 is 2.54 bits per heavy atom. The van der Waals surface area contributed by atoms with Crippen LogP contribution in [0.5, 0.6) is 0 Å². The smallest absolute Gasteiger partial charge is 0.224 e. The molecule has 140 valence electrons. The number of pyridine rings is 1. The van der Waals surface area contributed by atoms with Crippen molar-refractivity contribution in [3.05, 3.63) is 47.0 Å². The van der Waals surface area contributed by atoms with Gasteiger partial charge in [0.2, 0.25) is 5.91 Å². The van der Waals surface area contributed by atoms with Gasteiger partial charge in [0.15, 0.2) is 0 Å². The van der Waals surface area contributed by atoms with Crippen LogP contribution in [-0.4, -0.2) is 56.7 Å². The molecule has 26 heavy (non-hydrogen) atoms. The molecule has 1 saturated heterocycles. The quantitative estimate of drug-likeness (QED) is 0.826. The van der Waals surface area contributed by atoms with Crippen LogP contribution in [-0.2, 0) is 17.9 Å². The second-order valence-corrected chi connectivity index (χ2v) is 7.13. The van der Waals surface area contributed by atoms with E-state index in [9.17, 15) is 4.79 Å². The summed E-state index contributed by atoms with van der Waals surface area (Å²) in [4.78, 5) is 21.2. The number of carbonyl (C=O) groups is 1. The van der Waals surface area contributed by atoms with Gasteiger partial charge >= 0.3 is 0 Å². The Labute approximate surface area is 155 Å². The van der Waals surface area contributed by atoms with E-state index >= 15 is 0 Å². The molecule has 3 rings (SSSR count). The van der Waals surface area contributed by atoms with E-state index in [1.807, 2.05) is 28.9 Å². The standard InChI is InChI=1S/C20H29N5O/c1-16-17(2)22-25(18(16)3)12-7-20(26)24-11-4-10-23(13-14-24)15-19-5-8-21-9-6-19/h5-6,8-9H,4,7,10-15H2,1-3H3. The van der Waals surface area contributed by atoms with Crippen molar-refractivity contribution in [1.29, 1.82) is 0 Å². The summed E-state index contributed by atoms with van der Waals surface area (Å²) in [7, 11) is 0. The van der Waals surface area contributed by atoms with Crippen molar-refractivity contribution < 1.29 is 4.79 Å². The summed E-state index contributed by atoms with van der Waals surface area (Å²) in [5.41, 5.74) is 4.71. The summed E-state index contributed by atoms with van der Waals surface area (Å²) in [5.74, 6) is 0.237. The highest BCUT2D eigenvalue weighted by atomic mass is 16.2. The zero-order valence-electron chi connectivity index (χ0n) is 16.1. The highest BCUT2D eigenvalue weighted by Crippen LogP contribution is 2.13. The number of hydrogen-bond donors (Lipinski definition) is 0. The van der Waals surface area contributed by atoms with Gasteiger partial charge in [-0.2, -0.15) is 5.10 Å². The number of rotatable bonds is 5. The predicted molar refractivity (Wildman–Crippen MR) is 102 cm³/mol. The SMILES string of the molecule is Cc1nn(CCC(=O)N2CCCN(Cc3ccncc3)CC2)c(C)c1C. The summed E-state index contributed by atoms with van der Waals surface area (Å²) in [5, 5.41) is 4.54. The van der Waals surface area contributed by atoms with E-state index in [1.165, 1.54) is 11.1 Å². The molecule has 1 fully saturated rings. The number of amides is 1. The average Bonchev–Trinajstić information content (AvgIpc) is 2.83. The number of carbonyl (C=O) groups excluding carboxylic acids is 1. The number of hydrogen-bond acceptors (Lipinski definition) is 4. The second-order valence-electron chi connectivity index (χ2n) is 7.13. The van der Waals surface area contributed by atoms with Crippen LogP contribution in [0.3, 0.4) is 0 Å². The second kappa shape index (κ2) is 8.45. The minimum atomic E-state index is 0.237. The summed E-state index contributed by atoms with van der Waals surface area (Å²) >= 11 is 0. The molecule has 0 bridgehead atoms. The van der Waals surface area contributed by atoms with Crippen molar-refractivity contribution >= 4 is 5.91 Å². The maximum Gasteiger partial charge on any atom is 0.224 e. The fourth-order valence-corrected chi connectivity index (χ4v) is 3.49. The average molecular weight is 355 g/mol. The van der Waals surface area contributed by atoms with Gasteiger partial charge in [0, 0.05) is 63.8 Å². The summed E-state index contributed by atoms with van der Waals surface area (Å²) in [6.45, 7) is 11.4. The Hall–Kier alpha value is -2.21. The number of aryl methyl sites for hydroxylation is 2. The van der Waals surface area contributed by atoms with Gasteiger partial charge < -0.3 is 4.90 Å². The van der Waals surface area contributed by atoms with E-state index in [-0.39, 0.29) is 5.91 Å². The van der Waals surface area contributed by atoms with Crippen LogP contribution in [0.4, 0.5) is 0 Å². The Bertz CT molecular complexity index is 740. The lowest BCUT2D eigenvalue weighted by Crippen LogP contribution is -2.35. The Morgan fingerprint density at radius 2 is 1.85 bits per heavy atom. The zero-order chi connectivity index (χ0) is 18.5. The predicted octanol–water partition coefficient (Wildman–Crippen LogP) is 2.33. The van der Waals surface area contributed by atoms with Crippen LogP contribution < -0.4 is 0 Å². The van der Waals surface area contributed by atoms with Crippen molar-refractivity contribution in [3.63, 3.8) is 0 Å². The molecule has 0 unspecified atom stereocenters. The molecule has 1 amide bonds. The monoisotopic (exact) mass is 355 g/mol. The third-order valence-electron chi connectivity index (χ3n) is 5.38. The van der Waals surface area contributed by atoms with Crippen molar-refractivity contribution in [2.75, 3.05) is 26.2 Å². The van der Waals surface area contributed by atoms with Gasteiger partial charge in [0.05, 0.1) is 5.69 Å². The third-order valence-corrected chi connectivity index (χ3v) is 5.38. The molecular formula is C20H29N5O. The molecule has 0 spiro atoms. The molecule has 0 aromatic carbocycles. The first-order valence-electron chi connectivity index (χ1n) is 9.44. The Kier molecular flexibility index (Phi) is 6.04. The molecule has 6 heteroatoms. The highest BCUT2D eigenvalue weighted by molar-refractivity contribution is 5.76. The minimum absolute atomic E-state index is 0.237. The molecule has 0 N–H and O–H groups in total. The first kappa shape index (κ1) is 18.6. The lowest BCUT2D eigenvalue weighted by Gasteiger charge is -2.22. The molecule has 3 heterocycles. The van der Waals surface area contributed by atoms with Gasteiger partial charge in [-0.05, 0) is 50.5 Å². The lowest BCUT2D eigenvalue weighted by molar-refractivity contribution is -0.131. The first-order valence-corrected chi connectivity index (χ1v) is 9.44. The van der Waals surface area contributed by atoms with E-state index < -0.39 is 0 Å². The van der Waals surface area contributed by atoms with Crippen molar-refractivity contribution in [2.45, 2.75) is 46.7 Å². The summed E-state index contributed by atoms with van der Waals surface area (Å²) < 4.78 is 1.97. The zero-order valence-corrected chi connectivity index (χ0v) is 16.1. The number of aromatic nitrogens is 3. The van der Waals surface area contributed by atoms with Crippen LogP contribution >= 0.6 is 0 Å². The Balaban J connectivity index is 1.50. The van der Waals surface area contributed by atoms with Gasteiger partial charge in [-0.15, -0.1) is 0 Å². The molecule has 2 aromatic heterocycles. The molecule has 1 aliphatic heterocycles. The molecule has 6 nitrogen and oxygen atoms in total. The normalized spacial score (nSPS) is 15.9. The van der Waals surface area contributed by atoms with Gasteiger partial charge in [-0.25, -0.2) is 0 Å². The molecular weight excluding hydrogens is 326 g/mol. The number of nitrogens with zero attached hydrogens (tertiary/aromatic N) is 5.